The number of hydrogen-bond acceptors (Lipinski definition) is 0. The Kier molecular flexibility index (Phi) is 10.3. The molecule has 222 valence electrons. The van der Waals surface area contributed by atoms with Gasteiger partial charge in [-0.1, -0.05) is 131 Å². The molecule has 2 aliphatic carbocycles. The van der Waals surface area contributed by atoms with Crippen molar-refractivity contribution in [2.75, 3.05) is 0 Å². The van der Waals surface area contributed by atoms with Crippen molar-refractivity contribution < 1.29 is 24.2 Å². The van der Waals surface area contributed by atoms with Crippen LogP contribution in [0.1, 0.15) is 89.5 Å². The van der Waals surface area contributed by atoms with Gasteiger partial charge in [0.15, 0.2) is 0 Å². The maximum Gasteiger partial charge on any atom is -0.172 e. The van der Waals surface area contributed by atoms with Gasteiger partial charge in [-0.05, 0) is 39.5 Å². The van der Waals surface area contributed by atoms with Crippen molar-refractivity contribution in [3.8, 4) is 33.4 Å². The van der Waals surface area contributed by atoms with Crippen LogP contribution < -0.4 is 0 Å². The molecule has 0 aromatic heterocycles. The van der Waals surface area contributed by atoms with Crippen LogP contribution >= 0.6 is 0 Å². The summed E-state index contributed by atoms with van der Waals surface area (Å²) in [5.41, 5.74) is 13.5. The molecule has 1 saturated carbocycles. The fourth-order valence-corrected chi connectivity index (χ4v) is 7.09. The molecule has 0 aliphatic heterocycles. The number of benzene rings is 4. The van der Waals surface area contributed by atoms with E-state index in [4.69, 9.17) is 0 Å². The minimum Gasteiger partial charge on any atom is -0.214 e. The van der Waals surface area contributed by atoms with E-state index >= 15 is 0 Å². The van der Waals surface area contributed by atoms with Crippen LogP contribution in [-0.2, 0) is 41.5 Å². The second-order valence-electron chi connectivity index (χ2n) is 14.2. The van der Waals surface area contributed by atoms with Crippen molar-refractivity contribution in [3.05, 3.63) is 138 Å². The van der Waals surface area contributed by atoms with E-state index in [9.17, 15) is 0 Å². The van der Waals surface area contributed by atoms with Crippen LogP contribution in [-0.4, -0.2) is 3.21 Å². The Labute approximate surface area is 281 Å². The minimum absolute atomic E-state index is 0.0380. The van der Waals surface area contributed by atoms with Gasteiger partial charge < -0.3 is 0 Å². The van der Waals surface area contributed by atoms with Crippen molar-refractivity contribution in [1.29, 1.82) is 0 Å². The Hall–Kier alpha value is -3.02. The monoisotopic (exact) mass is 652 g/mol. The van der Waals surface area contributed by atoms with E-state index in [1.165, 1.54) is 81.3 Å². The number of rotatable bonds is 2. The molecule has 0 atom stereocenters. The summed E-state index contributed by atoms with van der Waals surface area (Å²) >= 11 is 1.68. The van der Waals surface area contributed by atoms with Crippen LogP contribution in [0.5, 0.6) is 0 Å². The molecular weight excluding hydrogens is 608 g/mol. The molecule has 0 saturated heterocycles. The van der Waals surface area contributed by atoms with Crippen LogP contribution in [0.4, 0.5) is 0 Å². The third-order valence-corrected chi connectivity index (χ3v) is 9.81. The topological polar surface area (TPSA) is 0 Å². The molecule has 0 bridgehead atoms. The fourth-order valence-electron chi connectivity index (χ4n) is 6.22. The van der Waals surface area contributed by atoms with Gasteiger partial charge >= 0.3 is 53.1 Å². The summed E-state index contributed by atoms with van der Waals surface area (Å²) in [6, 6.07) is 42.8. The van der Waals surface area contributed by atoms with Gasteiger partial charge in [-0.3, -0.25) is 0 Å². The molecule has 0 spiro atoms. The Morgan fingerprint density at radius 3 is 1.64 bits per heavy atom. The Morgan fingerprint density at radius 1 is 0.614 bits per heavy atom. The normalized spacial score (nSPS) is 13.8. The maximum absolute atomic E-state index is 3.88. The van der Waals surface area contributed by atoms with Crippen LogP contribution in [0.15, 0.2) is 109 Å². The molecule has 44 heavy (non-hydrogen) atoms. The molecule has 2 aliphatic rings. The second kappa shape index (κ2) is 14.0. The zero-order chi connectivity index (χ0) is 31.3. The first kappa shape index (κ1) is 32.4. The predicted molar refractivity (Wildman–Crippen MR) is 187 cm³/mol. The van der Waals surface area contributed by atoms with E-state index < -0.39 is 0 Å². The third kappa shape index (κ3) is 7.79. The van der Waals surface area contributed by atoms with Gasteiger partial charge in [0, 0.05) is 0 Å². The Bertz CT molecular complexity index is 1540. The Balaban J connectivity index is 0.000000292. The third-order valence-electron chi connectivity index (χ3n) is 8.59. The molecule has 5 aromatic rings. The van der Waals surface area contributed by atoms with Crippen molar-refractivity contribution in [2.45, 2.75) is 84.5 Å². The summed E-state index contributed by atoms with van der Waals surface area (Å²) in [6.07, 6.45) is 6.77. The maximum atomic E-state index is 3.88. The molecule has 5 aromatic carbocycles. The summed E-state index contributed by atoms with van der Waals surface area (Å²) < 4.78 is 1.79. The van der Waals surface area contributed by atoms with Gasteiger partial charge in [-0.25, -0.2) is 12.1 Å². The summed E-state index contributed by atoms with van der Waals surface area (Å²) in [6.45, 7) is 13.9. The van der Waals surface area contributed by atoms with Gasteiger partial charge in [-0.15, -0.1) is 28.8 Å². The van der Waals surface area contributed by atoms with Gasteiger partial charge in [0.25, 0.3) is 0 Å². The largest absolute Gasteiger partial charge is 0.214 e. The molecule has 0 unspecified atom stereocenters. The minimum atomic E-state index is 0.0380. The van der Waals surface area contributed by atoms with E-state index in [2.05, 4.69) is 126 Å². The average Bonchev–Trinajstić information content (AvgIpc) is 3.79. The molecule has 0 radical (unpaired) electrons. The average molecular weight is 654 g/mol. The second-order valence-corrected chi connectivity index (χ2v) is 15.9. The first-order chi connectivity index (χ1) is 21.0. The molecule has 0 amide bonds. The quantitative estimate of drug-likeness (QED) is 0.163. The standard InChI is InChI=1S/C33H33.C5H8.C5H5.Zr/c1-32(2,3)30-20-26-24(18-28(30)22-13-9-7-10-14-22)17-25-19-29(23-15-11-8-12-16-23)31(21-27(25)26)33(4,5)6;2*1-2-4-5-3-1;/h7-16,18,20-21H,17H2,1-6H3;1-4H2;1-5H;/q-1;;-1;+2. The van der Waals surface area contributed by atoms with E-state index in [0.717, 1.165) is 6.42 Å². The van der Waals surface area contributed by atoms with Crippen LogP contribution in [0.3, 0.4) is 0 Å². The zero-order valence-corrected chi connectivity index (χ0v) is 29.9. The first-order valence-corrected chi connectivity index (χ1v) is 17.4. The van der Waals surface area contributed by atoms with E-state index in [0.29, 0.717) is 0 Å². The first-order valence-electron chi connectivity index (χ1n) is 16.1. The summed E-state index contributed by atoms with van der Waals surface area (Å²) in [5, 5.41) is 0. The number of hydrogen-bond donors (Lipinski definition) is 0. The molecule has 0 N–H and O–H groups in total. The van der Waals surface area contributed by atoms with E-state index in [1.54, 1.807) is 27.4 Å². The molecular formula is C43H46Zr. The summed E-state index contributed by atoms with van der Waals surface area (Å²) in [7, 11) is 0. The van der Waals surface area contributed by atoms with Crippen molar-refractivity contribution in [3.63, 3.8) is 0 Å². The number of fused-ring (bicyclic) bond motifs is 3. The summed E-state index contributed by atoms with van der Waals surface area (Å²) in [4.78, 5) is 0. The van der Waals surface area contributed by atoms with Gasteiger partial charge in [0.05, 0.1) is 0 Å². The van der Waals surface area contributed by atoms with E-state index in [-0.39, 0.29) is 10.8 Å². The molecule has 0 nitrogen and oxygen atoms in total. The smallest absolute Gasteiger partial charge is 0.172 e. The van der Waals surface area contributed by atoms with Gasteiger partial charge in [0.2, 0.25) is 0 Å². The zero-order valence-electron chi connectivity index (χ0n) is 27.4. The summed E-state index contributed by atoms with van der Waals surface area (Å²) in [5.74, 6) is 0. The Morgan fingerprint density at radius 2 is 1.16 bits per heavy atom. The van der Waals surface area contributed by atoms with Crippen molar-refractivity contribution >= 4 is 3.21 Å². The predicted octanol–water partition coefficient (Wildman–Crippen LogP) is 11.7. The molecule has 1 fully saturated rings. The molecule has 1 heteroatoms. The molecule has 0 heterocycles. The molecule has 7 rings (SSSR count). The van der Waals surface area contributed by atoms with Gasteiger partial charge in [0.1, 0.15) is 0 Å². The SMILES string of the molecule is CC(C)(C)c1cc2c([c-]c1-c1ccccc1)Cc1cc(-c3ccccc3)c(C(C)(C)C)cc1-2.[Zr+2]=[C]1CCCC1.c1cc[cH-]c1. The van der Waals surface area contributed by atoms with Gasteiger partial charge in [-0.2, -0.15) is 18.2 Å². The van der Waals surface area contributed by atoms with Crippen molar-refractivity contribution in [2.24, 2.45) is 0 Å². The van der Waals surface area contributed by atoms with Crippen LogP contribution in [0.2, 0.25) is 0 Å². The van der Waals surface area contributed by atoms with E-state index in [1.807, 2.05) is 30.3 Å². The fraction of sp³-hybridized carbons (Fsp3) is 0.302. The van der Waals surface area contributed by atoms with Crippen molar-refractivity contribution in [1.82, 2.24) is 0 Å². The van der Waals surface area contributed by atoms with Crippen LogP contribution in [0, 0.1) is 6.07 Å². The van der Waals surface area contributed by atoms with Crippen LogP contribution in [0.25, 0.3) is 33.4 Å².